The Balaban J connectivity index is 2.05. The van der Waals surface area contributed by atoms with Crippen molar-refractivity contribution in [1.29, 1.82) is 0 Å². The van der Waals surface area contributed by atoms with Crippen molar-refractivity contribution in [2.75, 3.05) is 17.7 Å². The summed E-state index contributed by atoms with van der Waals surface area (Å²) in [4.78, 5) is 8.37. The summed E-state index contributed by atoms with van der Waals surface area (Å²) in [5.41, 5.74) is 6.62. The van der Waals surface area contributed by atoms with E-state index in [0.29, 0.717) is 36.0 Å². The van der Waals surface area contributed by atoms with E-state index in [-0.39, 0.29) is 0 Å². The van der Waals surface area contributed by atoms with E-state index in [2.05, 4.69) is 36.1 Å². The molecule has 0 aromatic carbocycles. The fourth-order valence-corrected chi connectivity index (χ4v) is 2.86. The average molecular weight is 278 g/mol. The molecule has 0 radical (unpaired) electrons. The van der Waals surface area contributed by atoms with Gasteiger partial charge in [-0.15, -0.1) is 0 Å². The number of ether oxygens (including phenoxy) is 1. The summed E-state index contributed by atoms with van der Waals surface area (Å²) >= 11 is 0. The first kappa shape index (κ1) is 14.9. The number of aromatic nitrogens is 2. The molecule has 1 saturated carbocycles. The van der Waals surface area contributed by atoms with E-state index in [1.54, 1.807) is 0 Å². The zero-order valence-corrected chi connectivity index (χ0v) is 12.7. The molecule has 5 heteroatoms. The highest BCUT2D eigenvalue weighted by atomic mass is 16.5. The van der Waals surface area contributed by atoms with Crippen LogP contribution in [0.1, 0.15) is 46.5 Å². The molecule has 0 bridgehead atoms. The van der Waals surface area contributed by atoms with Gasteiger partial charge in [-0.05, 0) is 37.5 Å². The van der Waals surface area contributed by atoms with Gasteiger partial charge in [0.2, 0.25) is 5.88 Å². The van der Waals surface area contributed by atoms with Crippen LogP contribution in [0, 0.1) is 11.8 Å². The van der Waals surface area contributed by atoms with E-state index in [4.69, 9.17) is 10.5 Å². The molecule has 3 unspecified atom stereocenters. The Morgan fingerprint density at radius 1 is 1.35 bits per heavy atom. The van der Waals surface area contributed by atoms with Crippen molar-refractivity contribution >= 4 is 11.5 Å². The number of anilines is 2. The van der Waals surface area contributed by atoms with E-state index >= 15 is 0 Å². The summed E-state index contributed by atoms with van der Waals surface area (Å²) in [5.74, 6) is 2.64. The number of rotatable bonds is 5. The second-order valence-electron chi connectivity index (χ2n) is 5.94. The normalized spacial score (nSPS) is 26.2. The molecule has 5 nitrogen and oxygen atoms in total. The summed E-state index contributed by atoms with van der Waals surface area (Å²) in [5, 5.41) is 3.48. The van der Waals surface area contributed by atoms with E-state index in [1.165, 1.54) is 19.2 Å². The number of nitrogens with one attached hydrogen (secondary N) is 1. The molecule has 112 valence electrons. The van der Waals surface area contributed by atoms with Crippen molar-refractivity contribution in [3.63, 3.8) is 0 Å². The summed E-state index contributed by atoms with van der Waals surface area (Å²) < 4.78 is 5.54. The van der Waals surface area contributed by atoms with Crippen LogP contribution in [0.5, 0.6) is 5.88 Å². The molecule has 2 rings (SSSR count). The van der Waals surface area contributed by atoms with Crippen LogP contribution in [0.3, 0.4) is 0 Å². The highest BCUT2D eigenvalue weighted by Gasteiger charge is 2.26. The van der Waals surface area contributed by atoms with Crippen LogP contribution >= 0.6 is 0 Å². The van der Waals surface area contributed by atoms with E-state index in [1.807, 2.05) is 0 Å². The maximum absolute atomic E-state index is 6.10. The molecule has 20 heavy (non-hydrogen) atoms. The summed E-state index contributed by atoms with van der Waals surface area (Å²) in [6.45, 7) is 7.29. The largest absolute Gasteiger partial charge is 0.476 e. The molecule has 0 amide bonds. The molecular weight excluding hydrogens is 252 g/mol. The lowest BCUT2D eigenvalue weighted by Gasteiger charge is -2.33. The average Bonchev–Trinajstić information content (AvgIpc) is 2.42. The first-order valence-electron chi connectivity index (χ1n) is 7.61. The minimum atomic E-state index is 0.433. The summed E-state index contributed by atoms with van der Waals surface area (Å²) in [6, 6.07) is 0.433. The second kappa shape index (κ2) is 6.77. The monoisotopic (exact) mass is 278 g/mol. The molecule has 1 aromatic rings. The van der Waals surface area contributed by atoms with Crippen LogP contribution in [0.2, 0.25) is 0 Å². The van der Waals surface area contributed by atoms with Gasteiger partial charge < -0.3 is 15.8 Å². The molecule has 3 N–H and O–H groups in total. The molecule has 0 spiro atoms. The van der Waals surface area contributed by atoms with Crippen LogP contribution in [0.4, 0.5) is 11.5 Å². The van der Waals surface area contributed by atoms with E-state index in [0.717, 1.165) is 18.8 Å². The minimum Gasteiger partial charge on any atom is -0.476 e. The molecule has 1 aliphatic rings. The number of hydrogen-bond acceptors (Lipinski definition) is 5. The lowest BCUT2D eigenvalue weighted by Crippen LogP contribution is -2.33. The highest BCUT2D eigenvalue weighted by Crippen LogP contribution is 2.32. The minimum absolute atomic E-state index is 0.433. The highest BCUT2D eigenvalue weighted by molar-refractivity contribution is 5.66. The number of hydrogen-bond donors (Lipinski definition) is 2. The molecule has 0 aliphatic heterocycles. The zero-order valence-electron chi connectivity index (χ0n) is 12.7. The van der Waals surface area contributed by atoms with Gasteiger partial charge in [0.05, 0.1) is 6.61 Å². The Labute approximate surface area is 121 Å². The Hall–Kier alpha value is -1.52. The number of nitrogens with zero attached hydrogens (tertiary/aromatic N) is 2. The van der Waals surface area contributed by atoms with Gasteiger partial charge in [0.1, 0.15) is 12.0 Å². The Morgan fingerprint density at radius 3 is 2.85 bits per heavy atom. The predicted octanol–water partition coefficient (Wildman–Crippen LogP) is 3.08. The quantitative estimate of drug-likeness (QED) is 0.866. The standard InChI is InChI=1S/C15H26N4O/c1-4-7-20-15-13(16)14(17-9-18-15)19-12-6-5-10(2)8-11(12)3/h9-12H,4-8,16H2,1-3H3,(H,17,18,19). The lowest BCUT2D eigenvalue weighted by atomic mass is 9.80. The van der Waals surface area contributed by atoms with Crippen LogP contribution in [-0.4, -0.2) is 22.6 Å². The molecule has 3 atom stereocenters. The Morgan fingerprint density at radius 2 is 2.15 bits per heavy atom. The van der Waals surface area contributed by atoms with Crippen LogP contribution in [-0.2, 0) is 0 Å². The molecule has 1 fully saturated rings. The van der Waals surface area contributed by atoms with Crippen molar-refractivity contribution in [3.8, 4) is 5.88 Å². The first-order chi connectivity index (χ1) is 9.61. The van der Waals surface area contributed by atoms with Gasteiger partial charge in [-0.25, -0.2) is 4.98 Å². The summed E-state index contributed by atoms with van der Waals surface area (Å²) in [7, 11) is 0. The third-order valence-electron chi connectivity index (χ3n) is 4.04. The second-order valence-corrected chi connectivity index (χ2v) is 5.94. The first-order valence-corrected chi connectivity index (χ1v) is 7.61. The van der Waals surface area contributed by atoms with Gasteiger partial charge in [-0.3, -0.25) is 0 Å². The van der Waals surface area contributed by atoms with Crippen molar-refractivity contribution in [1.82, 2.24) is 9.97 Å². The number of nitrogens with two attached hydrogens (primary N) is 1. The molecule has 1 heterocycles. The van der Waals surface area contributed by atoms with Crippen LogP contribution in [0.15, 0.2) is 6.33 Å². The van der Waals surface area contributed by atoms with Gasteiger partial charge in [0.15, 0.2) is 5.82 Å². The predicted molar refractivity (Wildman–Crippen MR) is 81.8 cm³/mol. The van der Waals surface area contributed by atoms with Crippen LogP contribution in [0.25, 0.3) is 0 Å². The maximum Gasteiger partial charge on any atom is 0.242 e. The smallest absolute Gasteiger partial charge is 0.242 e. The van der Waals surface area contributed by atoms with Crippen molar-refractivity contribution in [2.24, 2.45) is 11.8 Å². The molecule has 1 aromatic heterocycles. The van der Waals surface area contributed by atoms with Gasteiger partial charge in [0, 0.05) is 6.04 Å². The van der Waals surface area contributed by atoms with Crippen LogP contribution < -0.4 is 15.8 Å². The Bertz CT molecular complexity index is 438. The molecule has 1 aliphatic carbocycles. The van der Waals surface area contributed by atoms with E-state index in [9.17, 15) is 0 Å². The fourth-order valence-electron chi connectivity index (χ4n) is 2.86. The van der Waals surface area contributed by atoms with Gasteiger partial charge >= 0.3 is 0 Å². The maximum atomic E-state index is 6.10. The molecule has 0 saturated heterocycles. The lowest BCUT2D eigenvalue weighted by molar-refractivity contribution is 0.276. The van der Waals surface area contributed by atoms with Gasteiger partial charge in [-0.1, -0.05) is 20.8 Å². The Kier molecular flexibility index (Phi) is 5.04. The van der Waals surface area contributed by atoms with Crippen molar-refractivity contribution in [3.05, 3.63) is 6.33 Å². The van der Waals surface area contributed by atoms with Crippen molar-refractivity contribution in [2.45, 2.75) is 52.5 Å². The third kappa shape index (κ3) is 3.52. The third-order valence-corrected chi connectivity index (χ3v) is 4.04. The van der Waals surface area contributed by atoms with E-state index < -0.39 is 0 Å². The van der Waals surface area contributed by atoms with Gasteiger partial charge in [0.25, 0.3) is 0 Å². The van der Waals surface area contributed by atoms with Gasteiger partial charge in [-0.2, -0.15) is 4.98 Å². The summed E-state index contributed by atoms with van der Waals surface area (Å²) in [6.07, 6.45) is 6.12. The van der Waals surface area contributed by atoms with Crippen molar-refractivity contribution < 1.29 is 4.74 Å². The fraction of sp³-hybridized carbons (Fsp3) is 0.733. The SMILES string of the molecule is CCCOc1ncnc(NC2CCC(C)CC2C)c1N. The molecular formula is C15H26N4O. The topological polar surface area (TPSA) is 73.1 Å². The zero-order chi connectivity index (χ0) is 14.5. The number of nitrogen functional groups attached to an aromatic ring is 1.